The monoisotopic (exact) mass is 612 g/mol. The fourth-order valence-electron chi connectivity index (χ4n) is 4.59. The summed E-state index contributed by atoms with van der Waals surface area (Å²) < 4.78 is 55.7. The number of nitrogens with two attached hydrogens (primary N) is 1. The molecular weight excluding hydrogens is 586 g/mol. The Kier molecular flexibility index (Phi) is 7.95. The van der Waals surface area contributed by atoms with Crippen LogP contribution in [0.5, 0.6) is 0 Å². The zero-order valence-corrected chi connectivity index (χ0v) is 24.5. The molecule has 0 unspecified atom stereocenters. The molecule has 0 bridgehead atoms. The standard InChI is InChI=1S/C28H26F2N6O4S2/c1-33(2)14-19-24-26(37)36(23-9-5-8-22(32-23)34(3)42(39)40)28(38)35(15-18-20(29)6-4-7-21(18)30)27(24)41-25(19)16-10-12-17(31)13-11-16/h4-13,42H,14-15,31H2,1-3H3. The zero-order chi connectivity index (χ0) is 30.3. The molecule has 0 saturated carbocycles. The largest absolute Gasteiger partial charge is 0.399 e. The van der Waals surface area contributed by atoms with Gasteiger partial charge in [0.25, 0.3) is 5.56 Å². The first kappa shape index (κ1) is 29.1. The summed E-state index contributed by atoms with van der Waals surface area (Å²) in [5.74, 6) is -1.87. The highest BCUT2D eigenvalue weighted by Gasteiger charge is 2.26. The van der Waals surface area contributed by atoms with Crippen LogP contribution in [0.4, 0.5) is 20.3 Å². The fourth-order valence-corrected chi connectivity index (χ4v) is 6.17. The molecule has 3 aromatic heterocycles. The van der Waals surface area contributed by atoms with E-state index in [2.05, 4.69) is 4.98 Å². The van der Waals surface area contributed by atoms with Crippen LogP contribution in [0.15, 0.2) is 70.3 Å². The van der Waals surface area contributed by atoms with E-state index >= 15 is 0 Å². The van der Waals surface area contributed by atoms with Crippen molar-refractivity contribution in [1.82, 2.24) is 19.0 Å². The highest BCUT2D eigenvalue weighted by atomic mass is 32.2. The number of hydrogen-bond acceptors (Lipinski definition) is 8. The number of thiophene rings is 1. The predicted octanol–water partition coefficient (Wildman–Crippen LogP) is 3.21. The van der Waals surface area contributed by atoms with Gasteiger partial charge in [-0.25, -0.2) is 31.5 Å². The molecule has 0 atom stereocenters. The van der Waals surface area contributed by atoms with Crippen molar-refractivity contribution in [2.75, 3.05) is 31.2 Å². The third kappa shape index (κ3) is 5.31. The van der Waals surface area contributed by atoms with Crippen LogP contribution < -0.4 is 21.3 Å². The van der Waals surface area contributed by atoms with Gasteiger partial charge in [0.05, 0.1) is 11.9 Å². The molecule has 0 aliphatic carbocycles. The Balaban J connectivity index is 1.90. The molecule has 2 aromatic carbocycles. The number of anilines is 2. The summed E-state index contributed by atoms with van der Waals surface area (Å²) in [6.45, 7) is -0.211. The second kappa shape index (κ2) is 11.5. The first-order valence-electron chi connectivity index (χ1n) is 12.6. The Bertz CT molecular complexity index is 1990. The summed E-state index contributed by atoms with van der Waals surface area (Å²) in [6.07, 6.45) is 0. The SMILES string of the molecule is CN(C)Cc1c(-c2ccc(N)cc2)sc2c1c(=O)n(-c1cccc(N(C)[SH](=O)=O)n1)c(=O)n2Cc1c(F)cccc1F. The lowest BCUT2D eigenvalue weighted by atomic mass is 10.1. The van der Waals surface area contributed by atoms with E-state index in [9.17, 15) is 26.8 Å². The van der Waals surface area contributed by atoms with Crippen molar-refractivity contribution in [3.8, 4) is 16.3 Å². The number of benzene rings is 2. The minimum absolute atomic E-state index is 0.0249. The van der Waals surface area contributed by atoms with Gasteiger partial charge >= 0.3 is 5.69 Å². The Morgan fingerprint density at radius 2 is 1.57 bits per heavy atom. The van der Waals surface area contributed by atoms with E-state index in [0.29, 0.717) is 22.7 Å². The first-order chi connectivity index (χ1) is 20.0. The van der Waals surface area contributed by atoms with Crippen molar-refractivity contribution >= 4 is 43.9 Å². The third-order valence-corrected chi connectivity index (χ3v) is 8.62. The molecule has 0 aliphatic heterocycles. The molecule has 218 valence electrons. The number of thiol groups is 1. The number of halogens is 2. The summed E-state index contributed by atoms with van der Waals surface area (Å²) >= 11 is 1.16. The van der Waals surface area contributed by atoms with E-state index in [4.69, 9.17) is 5.73 Å². The fraction of sp³-hybridized carbons (Fsp3) is 0.179. The summed E-state index contributed by atoms with van der Waals surface area (Å²) in [7, 11) is 1.88. The van der Waals surface area contributed by atoms with Gasteiger partial charge in [-0.05, 0) is 61.6 Å². The second-order valence-electron chi connectivity index (χ2n) is 9.77. The molecule has 5 rings (SSSR count). The minimum atomic E-state index is -3.05. The predicted molar refractivity (Wildman–Crippen MR) is 161 cm³/mol. The van der Waals surface area contributed by atoms with E-state index in [1.165, 1.54) is 31.3 Å². The smallest absolute Gasteiger partial charge is 0.338 e. The quantitative estimate of drug-likeness (QED) is 0.204. The average molecular weight is 613 g/mol. The van der Waals surface area contributed by atoms with Gasteiger partial charge in [0.2, 0.25) is 10.9 Å². The van der Waals surface area contributed by atoms with Gasteiger partial charge in [0.15, 0.2) is 0 Å². The molecule has 0 spiro atoms. The third-order valence-electron chi connectivity index (χ3n) is 6.62. The highest BCUT2D eigenvalue weighted by molar-refractivity contribution is 7.74. The molecule has 0 saturated heterocycles. The molecule has 2 N–H and O–H groups in total. The Morgan fingerprint density at radius 3 is 2.19 bits per heavy atom. The number of fused-ring (bicyclic) bond motifs is 1. The molecule has 0 amide bonds. The Hall–Kier alpha value is -4.40. The van der Waals surface area contributed by atoms with Gasteiger partial charge in [-0.2, -0.15) is 0 Å². The second-order valence-corrected chi connectivity index (χ2v) is 11.8. The van der Waals surface area contributed by atoms with E-state index < -0.39 is 40.3 Å². The van der Waals surface area contributed by atoms with Crippen molar-refractivity contribution in [3.05, 3.63) is 104 Å². The van der Waals surface area contributed by atoms with Gasteiger partial charge < -0.3 is 10.6 Å². The van der Waals surface area contributed by atoms with Crippen molar-refractivity contribution in [1.29, 1.82) is 0 Å². The Labute approximate surface area is 244 Å². The van der Waals surface area contributed by atoms with Crippen LogP contribution in [0.3, 0.4) is 0 Å². The molecule has 14 heteroatoms. The summed E-state index contributed by atoms with van der Waals surface area (Å²) in [5.41, 5.74) is 5.83. The van der Waals surface area contributed by atoms with Crippen LogP contribution in [0.1, 0.15) is 11.1 Å². The summed E-state index contributed by atoms with van der Waals surface area (Å²) in [6, 6.07) is 14.7. The number of hydrogen-bond donors (Lipinski definition) is 2. The van der Waals surface area contributed by atoms with Gasteiger partial charge in [-0.1, -0.05) is 24.3 Å². The lowest BCUT2D eigenvalue weighted by molar-refractivity contribution is 0.405. The number of rotatable bonds is 8. The molecule has 3 heterocycles. The van der Waals surface area contributed by atoms with Crippen LogP contribution >= 0.6 is 11.3 Å². The molecule has 5 aromatic rings. The number of aromatic nitrogens is 3. The topological polar surface area (TPSA) is 124 Å². The van der Waals surface area contributed by atoms with Crippen LogP contribution in [0.25, 0.3) is 26.5 Å². The lowest BCUT2D eigenvalue weighted by Crippen LogP contribution is -2.40. The molecule has 0 radical (unpaired) electrons. The van der Waals surface area contributed by atoms with Crippen LogP contribution in [-0.2, 0) is 24.0 Å². The van der Waals surface area contributed by atoms with E-state index in [1.54, 1.807) is 24.3 Å². The van der Waals surface area contributed by atoms with Crippen molar-refractivity contribution < 1.29 is 17.2 Å². The number of nitrogen functional groups attached to an aromatic ring is 1. The van der Waals surface area contributed by atoms with Gasteiger partial charge in [-0.3, -0.25) is 13.7 Å². The lowest BCUT2D eigenvalue weighted by Gasteiger charge is -2.15. The van der Waals surface area contributed by atoms with E-state index in [0.717, 1.165) is 42.5 Å². The van der Waals surface area contributed by atoms with Crippen LogP contribution in [-0.4, -0.2) is 48.6 Å². The van der Waals surface area contributed by atoms with Crippen molar-refractivity contribution in [3.63, 3.8) is 0 Å². The molecule has 42 heavy (non-hydrogen) atoms. The maximum absolute atomic E-state index is 14.8. The van der Waals surface area contributed by atoms with E-state index in [-0.39, 0.29) is 27.4 Å². The van der Waals surface area contributed by atoms with Crippen LogP contribution in [0.2, 0.25) is 0 Å². The van der Waals surface area contributed by atoms with Crippen molar-refractivity contribution in [2.45, 2.75) is 13.1 Å². The normalized spacial score (nSPS) is 11.6. The molecule has 10 nitrogen and oxygen atoms in total. The Morgan fingerprint density at radius 1 is 0.929 bits per heavy atom. The van der Waals surface area contributed by atoms with Crippen molar-refractivity contribution in [2.24, 2.45) is 0 Å². The van der Waals surface area contributed by atoms with Gasteiger partial charge in [0, 0.05) is 29.7 Å². The van der Waals surface area contributed by atoms with Gasteiger partial charge in [0.1, 0.15) is 28.1 Å². The molecular formula is C28H26F2N6O4S2. The highest BCUT2D eigenvalue weighted by Crippen LogP contribution is 2.38. The van der Waals surface area contributed by atoms with Gasteiger partial charge in [-0.15, -0.1) is 11.3 Å². The first-order valence-corrected chi connectivity index (χ1v) is 14.5. The average Bonchev–Trinajstić information content (AvgIpc) is 3.31. The minimum Gasteiger partial charge on any atom is -0.399 e. The maximum Gasteiger partial charge on any atom is 0.338 e. The number of nitrogens with zero attached hydrogens (tertiary/aromatic N) is 5. The maximum atomic E-state index is 14.8. The zero-order valence-electron chi connectivity index (χ0n) is 22.7. The number of pyridine rings is 1. The summed E-state index contributed by atoms with van der Waals surface area (Å²) in [5, 5.41) is 0.173. The molecule has 0 fully saturated rings. The molecule has 0 aliphatic rings. The van der Waals surface area contributed by atoms with Crippen LogP contribution in [0, 0.1) is 11.6 Å². The van der Waals surface area contributed by atoms with E-state index in [1.807, 2.05) is 19.0 Å². The summed E-state index contributed by atoms with van der Waals surface area (Å²) in [4.78, 5) is 35.3.